The van der Waals surface area contributed by atoms with Gasteiger partial charge in [0.1, 0.15) is 0 Å². The van der Waals surface area contributed by atoms with E-state index in [1.165, 1.54) is 0 Å². The SMILES string of the molecule is CCC[CH2][Sn]([CH2]CCC)([CH2]CCC)[c]1nnn(Cc2cc(C(F)(F)F)cc(C(F)(F)F)c2)c1C(C)C. The molecule has 10 heteroatoms. The minimum absolute atomic E-state index is 0.00356. The molecule has 1 aromatic carbocycles. The van der Waals surface area contributed by atoms with Crippen LogP contribution in [0.2, 0.25) is 13.3 Å². The quantitative estimate of drug-likeness (QED) is 0.165. The second-order valence-electron chi connectivity index (χ2n) is 10.1. The molecule has 0 saturated carbocycles. The summed E-state index contributed by atoms with van der Waals surface area (Å²) in [4.78, 5) is 0. The van der Waals surface area contributed by atoms with Crippen LogP contribution in [-0.4, -0.2) is 33.4 Å². The molecule has 0 saturated heterocycles. The molecule has 0 radical (unpaired) electrons. The van der Waals surface area contributed by atoms with Crippen LogP contribution in [0, 0.1) is 0 Å². The Morgan fingerprint density at radius 3 is 1.58 bits per heavy atom. The zero-order chi connectivity index (χ0) is 27.1. The predicted octanol–water partition coefficient (Wildman–Crippen LogP) is 8.54. The maximum atomic E-state index is 13.4. The molecule has 0 atom stereocenters. The fraction of sp³-hybridized carbons (Fsp3) is 0.692. The van der Waals surface area contributed by atoms with Crippen LogP contribution in [0.25, 0.3) is 0 Å². The summed E-state index contributed by atoms with van der Waals surface area (Å²) in [6.45, 7) is 10.3. The molecule has 0 N–H and O–H groups in total. The van der Waals surface area contributed by atoms with Crippen molar-refractivity contribution < 1.29 is 26.3 Å². The van der Waals surface area contributed by atoms with Gasteiger partial charge in [0.15, 0.2) is 0 Å². The molecule has 2 aromatic rings. The third kappa shape index (κ3) is 7.87. The molecule has 0 aliphatic heterocycles. The first kappa shape index (κ1) is 31.0. The van der Waals surface area contributed by atoms with Gasteiger partial charge >= 0.3 is 215 Å². The van der Waals surface area contributed by atoms with Gasteiger partial charge in [-0.1, -0.05) is 0 Å². The van der Waals surface area contributed by atoms with E-state index in [0.29, 0.717) is 0 Å². The van der Waals surface area contributed by atoms with Crippen molar-refractivity contribution in [3.63, 3.8) is 0 Å². The average Bonchev–Trinajstić information content (AvgIpc) is 3.22. The topological polar surface area (TPSA) is 30.7 Å². The van der Waals surface area contributed by atoms with Gasteiger partial charge in [0, 0.05) is 0 Å². The van der Waals surface area contributed by atoms with Crippen molar-refractivity contribution >= 4 is 22.1 Å². The van der Waals surface area contributed by atoms with Crippen LogP contribution in [0.5, 0.6) is 0 Å². The van der Waals surface area contributed by atoms with E-state index in [2.05, 4.69) is 31.1 Å². The molecule has 36 heavy (non-hydrogen) atoms. The number of rotatable bonds is 13. The molecule has 0 fully saturated rings. The predicted molar refractivity (Wildman–Crippen MR) is 134 cm³/mol. The van der Waals surface area contributed by atoms with Crippen molar-refractivity contribution in [1.29, 1.82) is 0 Å². The number of alkyl halides is 6. The van der Waals surface area contributed by atoms with Crippen LogP contribution in [-0.2, 0) is 18.9 Å². The van der Waals surface area contributed by atoms with Crippen LogP contribution < -0.4 is 3.71 Å². The van der Waals surface area contributed by atoms with Crippen molar-refractivity contribution in [1.82, 2.24) is 15.0 Å². The summed E-state index contributed by atoms with van der Waals surface area (Å²) in [5, 5.41) is 9.03. The van der Waals surface area contributed by atoms with E-state index >= 15 is 0 Å². The molecule has 1 aromatic heterocycles. The molecule has 0 spiro atoms. The molecule has 0 unspecified atom stereocenters. The molecule has 3 nitrogen and oxygen atoms in total. The van der Waals surface area contributed by atoms with Gasteiger partial charge in [0.25, 0.3) is 0 Å². The molecule has 0 bridgehead atoms. The van der Waals surface area contributed by atoms with Gasteiger partial charge in [0.05, 0.1) is 0 Å². The van der Waals surface area contributed by atoms with E-state index in [0.717, 1.165) is 73.4 Å². The maximum absolute atomic E-state index is 13.4. The Balaban J connectivity index is 2.63. The van der Waals surface area contributed by atoms with Crippen LogP contribution >= 0.6 is 0 Å². The Bertz CT molecular complexity index is 912. The zero-order valence-corrected chi connectivity index (χ0v) is 24.8. The minimum atomic E-state index is -4.88. The average molecular weight is 626 g/mol. The third-order valence-corrected chi connectivity index (χ3v) is 21.9. The van der Waals surface area contributed by atoms with Gasteiger partial charge < -0.3 is 0 Å². The summed E-state index contributed by atoms with van der Waals surface area (Å²) in [6, 6.07) is 1.76. The van der Waals surface area contributed by atoms with E-state index in [9.17, 15) is 26.3 Å². The molecule has 0 amide bonds. The molecule has 2 rings (SSSR count). The molecular formula is C26H39F6N3Sn. The second kappa shape index (κ2) is 13.0. The summed E-state index contributed by atoms with van der Waals surface area (Å²) in [5.41, 5.74) is -1.80. The molecule has 204 valence electrons. The van der Waals surface area contributed by atoms with Crippen LogP contribution in [0.15, 0.2) is 18.2 Å². The normalized spacial score (nSPS) is 13.1. The molecule has 1 heterocycles. The molecule has 0 aliphatic carbocycles. The Morgan fingerprint density at radius 2 is 1.22 bits per heavy atom. The standard InChI is InChI=1S/C14H12F6N3.3C4H9.Sn/c1-8(2)12-6-21-22-23(12)7-9-3-10(13(15,16)17)5-11(4-9)14(18,19)20;3*1-3-4-2;/h3-5,8H,7H2,1-2H3;3*1,3-4H2,2H3;. The van der Waals surface area contributed by atoms with Crippen LogP contribution in [0.1, 0.15) is 101 Å². The van der Waals surface area contributed by atoms with Crippen molar-refractivity contribution in [3.05, 3.63) is 40.6 Å². The van der Waals surface area contributed by atoms with Gasteiger partial charge in [-0.15, -0.1) is 0 Å². The number of unbranched alkanes of at least 4 members (excludes halogenated alkanes) is 3. The number of hydrogen-bond donors (Lipinski definition) is 0. The second-order valence-corrected chi connectivity index (χ2v) is 23.1. The van der Waals surface area contributed by atoms with E-state index in [1.54, 1.807) is 4.68 Å². The van der Waals surface area contributed by atoms with Crippen molar-refractivity contribution in [2.45, 2.75) is 111 Å². The summed E-state index contributed by atoms with van der Waals surface area (Å²) in [7, 11) is 0. The Hall–Kier alpha value is -1.26. The van der Waals surface area contributed by atoms with Gasteiger partial charge in [0.2, 0.25) is 0 Å². The summed E-state index contributed by atoms with van der Waals surface area (Å²) < 4.78 is 86.5. The first-order valence-corrected chi connectivity index (χ1v) is 20.5. The third-order valence-electron chi connectivity index (χ3n) is 6.83. The fourth-order valence-electron chi connectivity index (χ4n) is 4.95. The first-order chi connectivity index (χ1) is 16.8. The number of halogens is 6. The van der Waals surface area contributed by atoms with E-state index in [-0.39, 0.29) is 24.1 Å². The van der Waals surface area contributed by atoms with Crippen molar-refractivity contribution in [2.75, 3.05) is 0 Å². The first-order valence-electron chi connectivity index (χ1n) is 13.0. The van der Waals surface area contributed by atoms with E-state index < -0.39 is 41.9 Å². The van der Waals surface area contributed by atoms with Gasteiger partial charge in [-0.05, 0) is 0 Å². The molecule has 0 aliphatic rings. The Morgan fingerprint density at radius 1 is 0.778 bits per heavy atom. The fourth-order valence-corrected chi connectivity index (χ4v) is 21.4. The summed E-state index contributed by atoms with van der Waals surface area (Å²) >= 11 is -3.03. The van der Waals surface area contributed by atoms with Gasteiger partial charge in [-0.2, -0.15) is 0 Å². The monoisotopic (exact) mass is 627 g/mol. The molecular weight excluding hydrogens is 587 g/mol. The number of aromatic nitrogens is 3. The zero-order valence-electron chi connectivity index (χ0n) is 22.0. The Kier molecular flexibility index (Phi) is 11.2. The summed E-state index contributed by atoms with van der Waals surface area (Å²) in [6.07, 6.45) is -3.21. The number of hydrogen-bond acceptors (Lipinski definition) is 2. The van der Waals surface area contributed by atoms with E-state index in [1.807, 2.05) is 13.8 Å². The van der Waals surface area contributed by atoms with E-state index in [4.69, 9.17) is 0 Å². The van der Waals surface area contributed by atoms with Crippen LogP contribution in [0.3, 0.4) is 0 Å². The van der Waals surface area contributed by atoms with Crippen molar-refractivity contribution in [2.24, 2.45) is 0 Å². The van der Waals surface area contributed by atoms with Gasteiger partial charge in [-0.3, -0.25) is 0 Å². The van der Waals surface area contributed by atoms with Gasteiger partial charge in [-0.25, -0.2) is 0 Å². The summed E-state index contributed by atoms with van der Waals surface area (Å²) in [5.74, 6) is 0.00356. The Labute approximate surface area is 214 Å². The van der Waals surface area contributed by atoms with Crippen molar-refractivity contribution in [3.8, 4) is 0 Å². The van der Waals surface area contributed by atoms with Crippen LogP contribution in [0.4, 0.5) is 26.3 Å². The number of nitrogens with zero attached hydrogens (tertiary/aromatic N) is 3. The number of benzene rings is 1.